The molecule has 2 atom stereocenters. The molecule has 1 aromatic rings. The van der Waals surface area contributed by atoms with Gasteiger partial charge in [-0.25, -0.2) is 0 Å². The standard InChI is InChI=1S/C10H15BrN2O/c1-3-4-7-5-10(7,14)9-8(11)6-13(2)12-9/h6-7,14H,3-5H2,1-2H3. The molecule has 0 amide bonds. The van der Waals surface area contributed by atoms with E-state index in [1.54, 1.807) is 4.68 Å². The summed E-state index contributed by atoms with van der Waals surface area (Å²) in [5, 5.41) is 14.6. The summed E-state index contributed by atoms with van der Waals surface area (Å²) >= 11 is 3.43. The minimum absolute atomic E-state index is 0.402. The summed E-state index contributed by atoms with van der Waals surface area (Å²) in [5.74, 6) is 0.402. The molecule has 0 spiro atoms. The fourth-order valence-electron chi connectivity index (χ4n) is 2.05. The smallest absolute Gasteiger partial charge is 0.113 e. The van der Waals surface area contributed by atoms with Crippen molar-refractivity contribution in [2.24, 2.45) is 13.0 Å². The van der Waals surface area contributed by atoms with Crippen molar-refractivity contribution in [2.75, 3.05) is 0 Å². The van der Waals surface area contributed by atoms with Crippen LogP contribution in [0, 0.1) is 5.92 Å². The lowest BCUT2D eigenvalue weighted by molar-refractivity contribution is 0.123. The maximum Gasteiger partial charge on any atom is 0.113 e. The molecule has 0 radical (unpaired) electrons. The molecule has 3 nitrogen and oxygen atoms in total. The van der Waals surface area contributed by atoms with Gasteiger partial charge < -0.3 is 5.11 Å². The highest BCUT2D eigenvalue weighted by molar-refractivity contribution is 9.10. The Morgan fingerprint density at radius 1 is 1.79 bits per heavy atom. The van der Waals surface area contributed by atoms with Gasteiger partial charge in [0, 0.05) is 13.2 Å². The van der Waals surface area contributed by atoms with Gasteiger partial charge in [0.25, 0.3) is 0 Å². The van der Waals surface area contributed by atoms with E-state index in [0.717, 1.165) is 29.4 Å². The van der Waals surface area contributed by atoms with Gasteiger partial charge in [0.2, 0.25) is 0 Å². The molecule has 0 aromatic carbocycles. The van der Waals surface area contributed by atoms with Crippen LogP contribution in [0.3, 0.4) is 0 Å². The second-order valence-corrected chi connectivity index (χ2v) is 4.97. The molecule has 0 bridgehead atoms. The second kappa shape index (κ2) is 3.35. The summed E-state index contributed by atoms with van der Waals surface area (Å²) in [4.78, 5) is 0. The molecule has 14 heavy (non-hydrogen) atoms. The zero-order chi connectivity index (χ0) is 10.3. The van der Waals surface area contributed by atoms with E-state index < -0.39 is 5.60 Å². The monoisotopic (exact) mass is 258 g/mol. The van der Waals surface area contributed by atoms with Crippen molar-refractivity contribution in [2.45, 2.75) is 31.8 Å². The van der Waals surface area contributed by atoms with Gasteiger partial charge in [-0.2, -0.15) is 5.10 Å². The Labute approximate surface area is 92.2 Å². The maximum atomic E-state index is 10.3. The lowest BCUT2D eigenvalue weighted by Gasteiger charge is -2.07. The number of hydrogen-bond donors (Lipinski definition) is 1. The van der Waals surface area contributed by atoms with E-state index in [1.807, 2.05) is 13.2 Å². The van der Waals surface area contributed by atoms with Gasteiger partial charge in [-0.1, -0.05) is 13.3 Å². The summed E-state index contributed by atoms with van der Waals surface area (Å²) in [6.45, 7) is 2.15. The number of aryl methyl sites for hydroxylation is 1. The highest BCUT2D eigenvalue weighted by Crippen LogP contribution is 2.55. The average Bonchev–Trinajstić information content (AvgIpc) is 2.60. The van der Waals surface area contributed by atoms with Crippen molar-refractivity contribution in [3.8, 4) is 0 Å². The van der Waals surface area contributed by atoms with Gasteiger partial charge in [-0.15, -0.1) is 0 Å². The predicted octanol–water partition coefficient (Wildman–Crippen LogP) is 2.19. The molecule has 2 rings (SSSR count). The van der Waals surface area contributed by atoms with Crippen LogP contribution < -0.4 is 0 Å². The number of aromatic nitrogens is 2. The molecule has 1 aliphatic rings. The van der Waals surface area contributed by atoms with Gasteiger partial charge in [-0.05, 0) is 34.7 Å². The fourth-order valence-corrected chi connectivity index (χ4v) is 2.77. The Kier molecular flexibility index (Phi) is 2.43. The van der Waals surface area contributed by atoms with Crippen LogP contribution in [-0.4, -0.2) is 14.9 Å². The largest absolute Gasteiger partial charge is 0.383 e. The normalized spacial score (nSPS) is 30.7. The first-order chi connectivity index (χ1) is 6.58. The summed E-state index contributed by atoms with van der Waals surface area (Å²) in [6.07, 6.45) is 4.95. The van der Waals surface area contributed by atoms with Crippen molar-refractivity contribution < 1.29 is 5.11 Å². The predicted molar refractivity (Wildman–Crippen MR) is 57.8 cm³/mol. The van der Waals surface area contributed by atoms with Crippen molar-refractivity contribution in [3.63, 3.8) is 0 Å². The van der Waals surface area contributed by atoms with Crippen LogP contribution in [0.5, 0.6) is 0 Å². The Bertz CT molecular complexity index is 350. The Hall–Kier alpha value is -0.350. The first-order valence-electron chi connectivity index (χ1n) is 5.00. The SMILES string of the molecule is CCCC1CC1(O)c1nn(C)cc1Br. The second-order valence-electron chi connectivity index (χ2n) is 4.11. The molecule has 2 unspecified atom stereocenters. The first-order valence-corrected chi connectivity index (χ1v) is 5.79. The fraction of sp³-hybridized carbons (Fsp3) is 0.700. The number of hydrogen-bond acceptors (Lipinski definition) is 2. The topological polar surface area (TPSA) is 38.1 Å². The number of aliphatic hydroxyl groups is 1. The summed E-state index contributed by atoms with van der Waals surface area (Å²) in [5.41, 5.74) is 0.147. The highest BCUT2D eigenvalue weighted by atomic mass is 79.9. The molecule has 0 aliphatic heterocycles. The third kappa shape index (κ3) is 1.50. The highest BCUT2D eigenvalue weighted by Gasteiger charge is 2.55. The van der Waals surface area contributed by atoms with E-state index >= 15 is 0 Å². The van der Waals surface area contributed by atoms with Gasteiger partial charge >= 0.3 is 0 Å². The van der Waals surface area contributed by atoms with E-state index in [-0.39, 0.29) is 0 Å². The molecule has 1 saturated carbocycles. The van der Waals surface area contributed by atoms with Gasteiger partial charge in [0.05, 0.1) is 4.47 Å². The molecule has 1 heterocycles. The number of nitrogens with zero attached hydrogens (tertiary/aromatic N) is 2. The van der Waals surface area contributed by atoms with Crippen LogP contribution >= 0.6 is 15.9 Å². The lowest BCUT2D eigenvalue weighted by atomic mass is 10.1. The van der Waals surface area contributed by atoms with Gasteiger partial charge in [-0.3, -0.25) is 4.68 Å². The molecule has 1 aliphatic carbocycles. The van der Waals surface area contributed by atoms with Crippen LogP contribution in [0.4, 0.5) is 0 Å². The molecule has 1 fully saturated rings. The van der Waals surface area contributed by atoms with E-state index in [0.29, 0.717) is 5.92 Å². The third-order valence-corrected chi connectivity index (χ3v) is 3.48. The minimum Gasteiger partial charge on any atom is -0.383 e. The molecular weight excluding hydrogens is 244 g/mol. The Morgan fingerprint density at radius 2 is 2.50 bits per heavy atom. The molecule has 78 valence electrons. The van der Waals surface area contributed by atoms with Crippen molar-refractivity contribution >= 4 is 15.9 Å². The van der Waals surface area contributed by atoms with Crippen LogP contribution in [-0.2, 0) is 12.6 Å². The summed E-state index contributed by atoms with van der Waals surface area (Å²) < 4.78 is 2.65. The van der Waals surface area contributed by atoms with Crippen LogP contribution in [0.25, 0.3) is 0 Å². The zero-order valence-corrected chi connectivity index (χ0v) is 10.1. The van der Waals surface area contributed by atoms with E-state index in [9.17, 15) is 5.11 Å². The number of rotatable bonds is 3. The number of halogens is 1. The van der Waals surface area contributed by atoms with E-state index in [1.165, 1.54) is 0 Å². The van der Waals surface area contributed by atoms with Crippen molar-refractivity contribution in [1.82, 2.24) is 9.78 Å². The average molecular weight is 259 g/mol. The zero-order valence-electron chi connectivity index (χ0n) is 8.50. The van der Waals surface area contributed by atoms with E-state index in [2.05, 4.69) is 28.0 Å². The summed E-state index contributed by atoms with van der Waals surface area (Å²) in [6, 6.07) is 0. The van der Waals surface area contributed by atoms with Gasteiger partial charge in [0.15, 0.2) is 0 Å². The van der Waals surface area contributed by atoms with E-state index in [4.69, 9.17) is 0 Å². The summed E-state index contributed by atoms with van der Waals surface area (Å²) in [7, 11) is 1.87. The Balaban J connectivity index is 2.20. The van der Waals surface area contributed by atoms with Crippen LogP contribution in [0.1, 0.15) is 31.9 Å². The molecule has 1 aromatic heterocycles. The maximum absolute atomic E-state index is 10.3. The Morgan fingerprint density at radius 3 is 3.00 bits per heavy atom. The molecule has 1 N–H and O–H groups in total. The molecule has 4 heteroatoms. The lowest BCUT2D eigenvalue weighted by Crippen LogP contribution is -2.11. The quantitative estimate of drug-likeness (QED) is 0.903. The molecular formula is C10H15BrN2O. The van der Waals surface area contributed by atoms with Crippen LogP contribution in [0.15, 0.2) is 10.7 Å². The van der Waals surface area contributed by atoms with Crippen molar-refractivity contribution in [3.05, 3.63) is 16.4 Å². The first kappa shape index (κ1) is 10.2. The van der Waals surface area contributed by atoms with Gasteiger partial charge in [0.1, 0.15) is 11.3 Å². The molecule has 0 saturated heterocycles. The van der Waals surface area contributed by atoms with Crippen molar-refractivity contribution in [1.29, 1.82) is 0 Å². The third-order valence-electron chi connectivity index (χ3n) is 2.90. The minimum atomic E-state index is -0.657. The van der Waals surface area contributed by atoms with Crippen LogP contribution in [0.2, 0.25) is 0 Å².